The van der Waals surface area contributed by atoms with Gasteiger partial charge in [0.2, 0.25) is 5.91 Å². The van der Waals surface area contributed by atoms with Crippen LogP contribution in [0.5, 0.6) is 0 Å². The van der Waals surface area contributed by atoms with Gasteiger partial charge >= 0.3 is 0 Å². The van der Waals surface area contributed by atoms with E-state index in [2.05, 4.69) is 31.4 Å². The van der Waals surface area contributed by atoms with Crippen molar-refractivity contribution in [1.29, 1.82) is 0 Å². The maximum atomic E-state index is 12.6. The second-order valence-electron chi connectivity index (χ2n) is 5.50. The standard InChI is InChI=1S/C17H17BrN4OS2/c1-2-13(11-5-7-12(18)8-6-11)19-15(23)10-22-16(20-21-17(22)24)14-4-3-9-25-14/h3-9,13H,2,10H2,1H3,(H,19,23)(H,21,24)/t13-/m0/s1. The van der Waals surface area contributed by atoms with E-state index in [4.69, 9.17) is 12.2 Å². The highest BCUT2D eigenvalue weighted by atomic mass is 79.9. The van der Waals surface area contributed by atoms with Crippen molar-refractivity contribution in [3.8, 4) is 10.7 Å². The largest absolute Gasteiger partial charge is 0.348 e. The zero-order valence-electron chi connectivity index (χ0n) is 13.5. The number of amides is 1. The average Bonchev–Trinajstić information content (AvgIpc) is 3.24. The summed E-state index contributed by atoms with van der Waals surface area (Å²) in [5, 5.41) is 12.1. The Morgan fingerprint density at radius 3 is 2.80 bits per heavy atom. The van der Waals surface area contributed by atoms with E-state index in [9.17, 15) is 4.79 Å². The molecule has 2 heterocycles. The number of nitrogens with one attached hydrogen (secondary N) is 2. The fourth-order valence-corrected chi connectivity index (χ4v) is 3.74. The Kier molecular flexibility index (Phi) is 5.82. The van der Waals surface area contributed by atoms with E-state index < -0.39 is 0 Å². The molecule has 0 fully saturated rings. The number of hydrogen-bond acceptors (Lipinski definition) is 4. The summed E-state index contributed by atoms with van der Waals surface area (Å²) < 4.78 is 3.18. The number of aromatic nitrogens is 3. The Hall–Kier alpha value is -1.77. The molecule has 0 aliphatic rings. The number of benzene rings is 1. The van der Waals surface area contributed by atoms with Crippen molar-refractivity contribution in [2.45, 2.75) is 25.9 Å². The normalized spacial score (nSPS) is 12.1. The molecule has 1 atom stereocenters. The Balaban J connectivity index is 1.75. The molecular weight excluding hydrogens is 420 g/mol. The zero-order valence-corrected chi connectivity index (χ0v) is 16.7. The molecule has 3 rings (SSSR count). The number of carbonyl (C=O) groups excluding carboxylic acids is 1. The van der Waals surface area contributed by atoms with E-state index in [1.807, 2.05) is 48.7 Å². The Labute approximate surface area is 163 Å². The second-order valence-corrected chi connectivity index (χ2v) is 7.75. The minimum absolute atomic E-state index is 0.0353. The summed E-state index contributed by atoms with van der Waals surface area (Å²) >= 11 is 10.3. The van der Waals surface area contributed by atoms with Gasteiger partial charge < -0.3 is 5.32 Å². The van der Waals surface area contributed by atoms with Gasteiger partial charge in [-0.3, -0.25) is 14.5 Å². The molecule has 0 aliphatic heterocycles. The summed E-state index contributed by atoms with van der Waals surface area (Å²) in [7, 11) is 0. The molecule has 1 aromatic carbocycles. The van der Waals surface area contributed by atoms with Crippen LogP contribution in [-0.4, -0.2) is 20.7 Å². The van der Waals surface area contributed by atoms with E-state index in [0.717, 1.165) is 21.3 Å². The molecule has 1 amide bonds. The van der Waals surface area contributed by atoms with Gasteiger partial charge in [0.25, 0.3) is 0 Å². The summed E-state index contributed by atoms with van der Waals surface area (Å²) in [6.45, 7) is 2.18. The second kappa shape index (κ2) is 8.07. The summed E-state index contributed by atoms with van der Waals surface area (Å²) in [5.41, 5.74) is 1.08. The average molecular weight is 437 g/mol. The third-order valence-electron chi connectivity index (χ3n) is 3.82. The number of nitrogens with zero attached hydrogens (tertiary/aromatic N) is 2. The summed E-state index contributed by atoms with van der Waals surface area (Å²) in [4.78, 5) is 13.5. The first-order valence-corrected chi connectivity index (χ1v) is 9.90. The van der Waals surface area contributed by atoms with E-state index >= 15 is 0 Å². The van der Waals surface area contributed by atoms with Crippen LogP contribution in [0.2, 0.25) is 0 Å². The van der Waals surface area contributed by atoms with Crippen molar-refractivity contribution < 1.29 is 4.79 Å². The first-order chi connectivity index (χ1) is 12.1. The molecule has 0 radical (unpaired) electrons. The summed E-state index contributed by atoms with van der Waals surface area (Å²) in [6.07, 6.45) is 0.807. The quantitative estimate of drug-likeness (QED) is 0.550. The van der Waals surface area contributed by atoms with Crippen molar-refractivity contribution in [1.82, 2.24) is 20.1 Å². The molecule has 0 saturated carbocycles. The first kappa shape index (κ1) is 18.0. The molecular formula is C17H17BrN4OS2. The van der Waals surface area contributed by atoms with Crippen LogP contribution < -0.4 is 5.32 Å². The molecule has 5 nitrogen and oxygen atoms in total. The molecule has 3 aromatic rings. The number of halogens is 1. The molecule has 0 spiro atoms. The topological polar surface area (TPSA) is 62.7 Å². The third-order valence-corrected chi connectivity index (χ3v) is 5.52. The zero-order chi connectivity index (χ0) is 17.8. The number of thiophene rings is 1. The van der Waals surface area contributed by atoms with Crippen LogP contribution in [0.15, 0.2) is 46.3 Å². The van der Waals surface area contributed by atoms with Crippen LogP contribution in [0.3, 0.4) is 0 Å². The Bertz CT molecular complexity index is 900. The fraction of sp³-hybridized carbons (Fsp3) is 0.235. The molecule has 130 valence electrons. The minimum Gasteiger partial charge on any atom is -0.348 e. The molecule has 2 N–H and O–H groups in total. The SMILES string of the molecule is CC[C@H](NC(=O)Cn1c(-c2cccs2)n[nH]c1=S)c1ccc(Br)cc1. The van der Waals surface area contributed by atoms with E-state index in [1.165, 1.54) is 0 Å². The smallest absolute Gasteiger partial charge is 0.240 e. The van der Waals surface area contributed by atoms with Crippen molar-refractivity contribution in [2.24, 2.45) is 0 Å². The summed E-state index contributed by atoms with van der Waals surface area (Å²) in [5.74, 6) is 0.594. The highest BCUT2D eigenvalue weighted by Gasteiger charge is 2.16. The highest BCUT2D eigenvalue weighted by molar-refractivity contribution is 9.10. The molecule has 8 heteroatoms. The predicted octanol–water partition coefficient (Wildman–Crippen LogP) is 4.70. The van der Waals surface area contributed by atoms with E-state index in [1.54, 1.807) is 15.9 Å². The van der Waals surface area contributed by atoms with Gasteiger partial charge in [0.15, 0.2) is 10.6 Å². The highest BCUT2D eigenvalue weighted by Crippen LogP contribution is 2.23. The van der Waals surface area contributed by atoms with Gasteiger partial charge in [-0.05, 0) is 47.8 Å². The van der Waals surface area contributed by atoms with E-state index in [0.29, 0.717) is 10.6 Å². The van der Waals surface area contributed by atoms with Crippen LogP contribution in [0.4, 0.5) is 0 Å². The van der Waals surface area contributed by atoms with E-state index in [-0.39, 0.29) is 18.5 Å². The van der Waals surface area contributed by atoms with Gasteiger partial charge in [-0.1, -0.05) is 41.1 Å². The Morgan fingerprint density at radius 1 is 1.40 bits per heavy atom. The molecule has 25 heavy (non-hydrogen) atoms. The van der Waals surface area contributed by atoms with Gasteiger partial charge in [-0.15, -0.1) is 11.3 Å². The van der Waals surface area contributed by atoms with Crippen LogP contribution in [0.1, 0.15) is 24.9 Å². The minimum atomic E-state index is -0.0925. The van der Waals surface area contributed by atoms with Crippen LogP contribution in [0, 0.1) is 4.77 Å². The van der Waals surface area contributed by atoms with Crippen molar-refractivity contribution in [3.05, 3.63) is 56.6 Å². The molecule has 0 aliphatic carbocycles. The number of rotatable bonds is 6. The van der Waals surface area contributed by atoms with Crippen LogP contribution >= 0.6 is 39.5 Å². The van der Waals surface area contributed by atoms with Crippen molar-refractivity contribution in [2.75, 3.05) is 0 Å². The summed E-state index contributed by atoms with van der Waals surface area (Å²) in [6, 6.07) is 11.9. The lowest BCUT2D eigenvalue weighted by atomic mass is 10.0. The third kappa shape index (κ3) is 4.26. The van der Waals surface area contributed by atoms with Crippen molar-refractivity contribution >= 4 is 45.4 Å². The van der Waals surface area contributed by atoms with Gasteiger partial charge in [0.1, 0.15) is 6.54 Å². The van der Waals surface area contributed by atoms with Gasteiger partial charge in [-0.2, -0.15) is 5.10 Å². The number of H-pyrrole nitrogens is 1. The van der Waals surface area contributed by atoms with Crippen LogP contribution in [0.25, 0.3) is 10.7 Å². The van der Waals surface area contributed by atoms with Crippen molar-refractivity contribution in [3.63, 3.8) is 0 Å². The molecule has 0 saturated heterocycles. The van der Waals surface area contributed by atoms with Gasteiger partial charge in [-0.25, -0.2) is 0 Å². The van der Waals surface area contributed by atoms with Crippen LogP contribution in [-0.2, 0) is 11.3 Å². The molecule has 0 unspecified atom stereocenters. The molecule has 0 bridgehead atoms. The monoisotopic (exact) mass is 436 g/mol. The Morgan fingerprint density at radius 2 is 2.16 bits per heavy atom. The molecule has 2 aromatic heterocycles. The van der Waals surface area contributed by atoms with Gasteiger partial charge in [0, 0.05) is 4.47 Å². The van der Waals surface area contributed by atoms with Gasteiger partial charge in [0.05, 0.1) is 10.9 Å². The number of aromatic amines is 1. The number of hydrogen-bond donors (Lipinski definition) is 2. The maximum absolute atomic E-state index is 12.6. The predicted molar refractivity (Wildman–Crippen MR) is 106 cm³/mol. The lowest BCUT2D eigenvalue weighted by Crippen LogP contribution is -2.31. The number of carbonyl (C=O) groups is 1. The lowest BCUT2D eigenvalue weighted by Gasteiger charge is -2.18. The maximum Gasteiger partial charge on any atom is 0.240 e. The fourth-order valence-electron chi connectivity index (χ4n) is 2.56. The first-order valence-electron chi connectivity index (χ1n) is 7.82. The lowest BCUT2D eigenvalue weighted by molar-refractivity contribution is -0.122.